The van der Waals surface area contributed by atoms with Crippen LogP contribution in [0.25, 0.3) is 0 Å². The van der Waals surface area contributed by atoms with Gasteiger partial charge in [-0.1, -0.05) is 30.3 Å². The van der Waals surface area contributed by atoms with Crippen LogP contribution in [0.4, 0.5) is 0 Å². The Balaban J connectivity index is 1.53. The van der Waals surface area contributed by atoms with E-state index in [1.165, 1.54) is 11.1 Å². The van der Waals surface area contributed by atoms with Crippen molar-refractivity contribution in [3.63, 3.8) is 0 Å². The minimum absolute atomic E-state index is 0.449. The van der Waals surface area contributed by atoms with Crippen molar-refractivity contribution in [1.29, 1.82) is 0 Å². The number of benzene rings is 2. The molecule has 0 amide bonds. The van der Waals surface area contributed by atoms with Gasteiger partial charge in [0.1, 0.15) is 11.5 Å². The summed E-state index contributed by atoms with van der Waals surface area (Å²) in [6, 6.07) is 16.4. The van der Waals surface area contributed by atoms with E-state index in [0.717, 1.165) is 31.2 Å². The number of ether oxygens (including phenoxy) is 2. The van der Waals surface area contributed by atoms with E-state index < -0.39 is 0 Å². The first-order chi connectivity index (χ1) is 9.86. The lowest BCUT2D eigenvalue weighted by molar-refractivity contribution is 0.326. The van der Waals surface area contributed by atoms with Crippen molar-refractivity contribution in [2.45, 2.75) is 12.5 Å². The molecule has 1 aliphatic rings. The first-order valence-electron chi connectivity index (χ1n) is 6.92. The average molecular weight is 269 g/mol. The number of methoxy groups -OCH3 is 1. The molecule has 1 N–H and O–H groups in total. The minimum Gasteiger partial charge on any atom is -0.497 e. The molecule has 2 aromatic carbocycles. The number of nitrogens with one attached hydrogen (secondary N) is 1. The summed E-state index contributed by atoms with van der Waals surface area (Å²) in [5, 5.41) is 3.50. The maximum absolute atomic E-state index is 5.69. The van der Waals surface area contributed by atoms with Crippen LogP contribution in [0, 0.1) is 0 Å². The molecule has 0 saturated carbocycles. The third-order valence-corrected chi connectivity index (χ3v) is 3.68. The van der Waals surface area contributed by atoms with E-state index in [2.05, 4.69) is 29.6 Å². The highest BCUT2D eigenvalue weighted by Crippen LogP contribution is 2.32. The average Bonchev–Trinajstić information content (AvgIpc) is 2.92. The van der Waals surface area contributed by atoms with Crippen molar-refractivity contribution in [2.75, 3.05) is 20.3 Å². The van der Waals surface area contributed by atoms with Crippen LogP contribution in [-0.2, 0) is 6.54 Å². The van der Waals surface area contributed by atoms with Gasteiger partial charge in [-0.3, -0.25) is 0 Å². The van der Waals surface area contributed by atoms with E-state index >= 15 is 0 Å². The maximum Gasteiger partial charge on any atom is 0.122 e. The largest absolute Gasteiger partial charge is 0.497 e. The Morgan fingerprint density at radius 3 is 2.75 bits per heavy atom. The van der Waals surface area contributed by atoms with Gasteiger partial charge in [-0.05, 0) is 23.8 Å². The molecule has 0 fully saturated rings. The Morgan fingerprint density at radius 1 is 1.15 bits per heavy atom. The maximum atomic E-state index is 5.69. The fourth-order valence-corrected chi connectivity index (χ4v) is 2.53. The predicted molar refractivity (Wildman–Crippen MR) is 79.4 cm³/mol. The second kappa shape index (κ2) is 5.97. The Hall–Kier alpha value is -2.00. The Labute approximate surface area is 119 Å². The van der Waals surface area contributed by atoms with Crippen molar-refractivity contribution in [3.8, 4) is 11.5 Å². The fourth-order valence-electron chi connectivity index (χ4n) is 2.53. The van der Waals surface area contributed by atoms with E-state index in [9.17, 15) is 0 Å². The van der Waals surface area contributed by atoms with E-state index in [0.29, 0.717) is 5.92 Å². The smallest absolute Gasteiger partial charge is 0.122 e. The monoisotopic (exact) mass is 269 g/mol. The van der Waals surface area contributed by atoms with E-state index in [4.69, 9.17) is 9.47 Å². The first-order valence-corrected chi connectivity index (χ1v) is 6.92. The molecule has 104 valence electrons. The van der Waals surface area contributed by atoms with E-state index in [1.54, 1.807) is 7.11 Å². The second-order valence-corrected chi connectivity index (χ2v) is 5.02. The van der Waals surface area contributed by atoms with Crippen LogP contribution in [0.1, 0.15) is 17.0 Å². The zero-order chi connectivity index (χ0) is 13.8. The summed E-state index contributed by atoms with van der Waals surface area (Å²) >= 11 is 0. The van der Waals surface area contributed by atoms with Crippen molar-refractivity contribution in [2.24, 2.45) is 0 Å². The van der Waals surface area contributed by atoms with E-state index in [-0.39, 0.29) is 0 Å². The third-order valence-electron chi connectivity index (χ3n) is 3.68. The van der Waals surface area contributed by atoms with Crippen LogP contribution >= 0.6 is 0 Å². The molecule has 0 bridgehead atoms. The molecule has 0 saturated heterocycles. The summed E-state index contributed by atoms with van der Waals surface area (Å²) in [5.74, 6) is 2.38. The standard InChI is InChI=1S/C17H19NO2/c1-19-15-8-6-13(7-9-15)10-18-11-14-12-20-17-5-3-2-4-16(14)17/h2-9,14,18H,10-12H2,1H3. The van der Waals surface area contributed by atoms with E-state index in [1.807, 2.05) is 24.3 Å². The highest BCUT2D eigenvalue weighted by Gasteiger charge is 2.22. The summed E-state index contributed by atoms with van der Waals surface area (Å²) in [6.45, 7) is 2.57. The number of rotatable bonds is 5. The minimum atomic E-state index is 0.449. The topological polar surface area (TPSA) is 30.5 Å². The second-order valence-electron chi connectivity index (χ2n) is 5.02. The lowest BCUT2D eigenvalue weighted by Crippen LogP contribution is -2.22. The number of fused-ring (bicyclic) bond motifs is 1. The van der Waals surface area contributed by atoms with Gasteiger partial charge < -0.3 is 14.8 Å². The summed E-state index contributed by atoms with van der Waals surface area (Å²) in [6.07, 6.45) is 0. The molecule has 3 rings (SSSR count). The number of hydrogen-bond donors (Lipinski definition) is 1. The van der Waals surface area contributed by atoms with Crippen LogP contribution in [0.5, 0.6) is 11.5 Å². The third kappa shape index (κ3) is 2.78. The van der Waals surface area contributed by atoms with Gasteiger partial charge in [-0.2, -0.15) is 0 Å². The molecule has 0 spiro atoms. The Kier molecular flexibility index (Phi) is 3.88. The molecular weight excluding hydrogens is 250 g/mol. The summed E-state index contributed by atoms with van der Waals surface area (Å²) < 4.78 is 10.8. The van der Waals surface area contributed by atoms with Gasteiger partial charge in [0.2, 0.25) is 0 Å². The zero-order valence-corrected chi connectivity index (χ0v) is 11.6. The molecule has 1 atom stereocenters. The molecule has 1 aliphatic heterocycles. The molecule has 0 aliphatic carbocycles. The van der Waals surface area contributed by atoms with Crippen molar-refractivity contribution in [3.05, 3.63) is 59.7 Å². The molecule has 1 unspecified atom stereocenters. The van der Waals surface area contributed by atoms with Crippen LogP contribution in [0.2, 0.25) is 0 Å². The molecule has 2 aromatic rings. The molecule has 0 aromatic heterocycles. The highest BCUT2D eigenvalue weighted by molar-refractivity contribution is 5.39. The first kappa shape index (κ1) is 13.0. The van der Waals surface area contributed by atoms with Crippen molar-refractivity contribution in [1.82, 2.24) is 5.32 Å². The Morgan fingerprint density at radius 2 is 1.95 bits per heavy atom. The summed E-state index contributed by atoms with van der Waals surface area (Å²) in [5.41, 5.74) is 2.58. The van der Waals surface area contributed by atoms with Gasteiger partial charge in [-0.15, -0.1) is 0 Å². The van der Waals surface area contributed by atoms with Gasteiger partial charge in [0, 0.05) is 24.6 Å². The molecular formula is C17H19NO2. The Bertz CT molecular complexity index is 565. The van der Waals surface area contributed by atoms with Gasteiger partial charge in [0.25, 0.3) is 0 Å². The molecule has 1 heterocycles. The van der Waals surface area contributed by atoms with Crippen LogP contribution < -0.4 is 14.8 Å². The normalized spacial score (nSPS) is 16.6. The quantitative estimate of drug-likeness (QED) is 0.905. The predicted octanol–water partition coefficient (Wildman–Crippen LogP) is 2.96. The molecule has 3 heteroatoms. The lowest BCUT2D eigenvalue weighted by Gasteiger charge is -2.11. The van der Waals surface area contributed by atoms with Gasteiger partial charge in [0.05, 0.1) is 13.7 Å². The molecule has 3 nitrogen and oxygen atoms in total. The van der Waals surface area contributed by atoms with Crippen LogP contribution in [0.3, 0.4) is 0 Å². The van der Waals surface area contributed by atoms with Crippen molar-refractivity contribution >= 4 is 0 Å². The molecule has 20 heavy (non-hydrogen) atoms. The number of hydrogen-bond acceptors (Lipinski definition) is 3. The van der Waals surface area contributed by atoms with Gasteiger partial charge in [0.15, 0.2) is 0 Å². The van der Waals surface area contributed by atoms with Crippen LogP contribution in [-0.4, -0.2) is 20.3 Å². The number of para-hydroxylation sites is 1. The summed E-state index contributed by atoms with van der Waals surface area (Å²) in [7, 11) is 1.69. The summed E-state index contributed by atoms with van der Waals surface area (Å²) in [4.78, 5) is 0. The fraction of sp³-hybridized carbons (Fsp3) is 0.294. The highest BCUT2D eigenvalue weighted by atomic mass is 16.5. The SMILES string of the molecule is COc1ccc(CNCC2COc3ccccc32)cc1. The van der Waals surface area contributed by atoms with Gasteiger partial charge >= 0.3 is 0 Å². The van der Waals surface area contributed by atoms with Crippen LogP contribution in [0.15, 0.2) is 48.5 Å². The lowest BCUT2D eigenvalue weighted by atomic mass is 10.0. The zero-order valence-electron chi connectivity index (χ0n) is 11.6. The van der Waals surface area contributed by atoms with Gasteiger partial charge in [-0.25, -0.2) is 0 Å². The molecule has 0 radical (unpaired) electrons. The van der Waals surface area contributed by atoms with Crippen molar-refractivity contribution < 1.29 is 9.47 Å².